The zero-order valence-corrected chi connectivity index (χ0v) is 12.1. The van der Waals surface area contributed by atoms with Crippen LogP contribution in [0.25, 0.3) is 0 Å². The molecule has 2 heterocycles. The first kappa shape index (κ1) is 13.1. The largest absolute Gasteiger partial charge is 0.339 e. The van der Waals surface area contributed by atoms with Crippen molar-refractivity contribution in [2.75, 3.05) is 13.1 Å². The van der Waals surface area contributed by atoms with Crippen molar-refractivity contribution >= 4 is 0 Å². The lowest BCUT2D eigenvalue weighted by Crippen LogP contribution is -2.41. The van der Waals surface area contributed by atoms with Crippen molar-refractivity contribution in [1.29, 1.82) is 0 Å². The lowest BCUT2D eigenvalue weighted by molar-refractivity contribution is 0.244. The Kier molecular flexibility index (Phi) is 3.61. The third-order valence-corrected chi connectivity index (χ3v) is 5.04. The molecule has 1 saturated heterocycles. The molecule has 1 aliphatic heterocycles. The molecule has 0 amide bonds. The van der Waals surface area contributed by atoms with Crippen LogP contribution < -0.4 is 5.32 Å². The van der Waals surface area contributed by atoms with Crippen LogP contribution >= 0.6 is 0 Å². The second kappa shape index (κ2) is 5.23. The lowest BCUT2D eigenvalue weighted by atomic mass is 9.83. The molecule has 0 aromatic carbocycles. The van der Waals surface area contributed by atoms with Gasteiger partial charge in [-0.1, -0.05) is 18.5 Å². The molecule has 3 atom stereocenters. The van der Waals surface area contributed by atoms with Crippen molar-refractivity contribution in [3.8, 4) is 0 Å². The van der Waals surface area contributed by atoms with Crippen LogP contribution in [0, 0.1) is 5.92 Å². The minimum Gasteiger partial charge on any atom is -0.339 e. The molecular weight excluding hydrogens is 238 g/mol. The van der Waals surface area contributed by atoms with Crippen molar-refractivity contribution in [1.82, 2.24) is 15.5 Å². The van der Waals surface area contributed by atoms with Crippen LogP contribution in [0.2, 0.25) is 0 Å². The summed E-state index contributed by atoms with van der Waals surface area (Å²) in [6.07, 6.45) is 7.41. The van der Waals surface area contributed by atoms with Gasteiger partial charge in [0.15, 0.2) is 5.82 Å². The van der Waals surface area contributed by atoms with Gasteiger partial charge in [-0.05, 0) is 51.5 Å². The van der Waals surface area contributed by atoms with Gasteiger partial charge < -0.3 is 9.84 Å². The van der Waals surface area contributed by atoms with Gasteiger partial charge in [0, 0.05) is 12.5 Å². The summed E-state index contributed by atoms with van der Waals surface area (Å²) in [5.41, 5.74) is 0.0340. The Balaban J connectivity index is 1.72. The molecule has 0 bridgehead atoms. The highest BCUT2D eigenvalue weighted by molar-refractivity contribution is 5.08. The summed E-state index contributed by atoms with van der Waals surface area (Å²) in [6.45, 7) is 6.58. The molecule has 1 aliphatic carbocycles. The van der Waals surface area contributed by atoms with Crippen molar-refractivity contribution in [2.45, 2.75) is 63.7 Å². The molecular formula is C15H25N3O. The fraction of sp³-hybridized carbons (Fsp3) is 0.867. The van der Waals surface area contributed by atoms with E-state index in [-0.39, 0.29) is 5.41 Å². The Bertz CT molecular complexity index is 423. The fourth-order valence-corrected chi connectivity index (χ4v) is 3.56. The van der Waals surface area contributed by atoms with Crippen LogP contribution in [-0.4, -0.2) is 23.2 Å². The van der Waals surface area contributed by atoms with E-state index in [1.807, 2.05) is 0 Å². The number of piperidine rings is 1. The van der Waals surface area contributed by atoms with E-state index in [1.165, 1.54) is 32.1 Å². The average Bonchev–Trinajstić information content (AvgIpc) is 3.08. The lowest BCUT2D eigenvalue weighted by Gasteiger charge is -2.30. The molecule has 0 spiro atoms. The molecule has 3 unspecified atom stereocenters. The van der Waals surface area contributed by atoms with Crippen LogP contribution in [-0.2, 0) is 5.41 Å². The molecule has 4 nitrogen and oxygen atoms in total. The number of rotatable bonds is 3. The summed E-state index contributed by atoms with van der Waals surface area (Å²) in [5, 5.41) is 7.71. The van der Waals surface area contributed by atoms with Crippen molar-refractivity contribution in [3.63, 3.8) is 0 Å². The zero-order valence-electron chi connectivity index (χ0n) is 12.1. The van der Waals surface area contributed by atoms with E-state index in [9.17, 15) is 0 Å². The first-order valence-electron chi connectivity index (χ1n) is 7.76. The number of hydrogen-bond donors (Lipinski definition) is 1. The quantitative estimate of drug-likeness (QED) is 0.910. The summed E-state index contributed by atoms with van der Waals surface area (Å²) in [5.74, 6) is 3.19. The van der Waals surface area contributed by atoms with Crippen LogP contribution in [0.1, 0.15) is 70.0 Å². The van der Waals surface area contributed by atoms with Gasteiger partial charge in [-0.25, -0.2) is 0 Å². The fourth-order valence-electron chi connectivity index (χ4n) is 3.56. The maximum absolute atomic E-state index is 5.59. The number of nitrogens with zero attached hydrogens (tertiary/aromatic N) is 2. The molecule has 1 N–H and O–H groups in total. The van der Waals surface area contributed by atoms with Gasteiger partial charge in [-0.15, -0.1) is 0 Å². The van der Waals surface area contributed by atoms with Gasteiger partial charge in [-0.3, -0.25) is 0 Å². The molecule has 106 valence electrons. The van der Waals surface area contributed by atoms with Gasteiger partial charge in [0.2, 0.25) is 5.89 Å². The molecule has 19 heavy (non-hydrogen) atoms. The van der Waals surface area contributed by atoms with E-state index in [4.69, 9.17) is 9.51 Å². The number of aromatic nitrogens is 2. The van der Waals surface area contributed by atoms with Gasteiger partial charge in [0.05, 0.1) is 5.41 Å². The normalized spacial score (nSPS) is 35.7. The summed E-state index contributed by atoms with van der Waals surface area (Å²) in [7, 11) is 0. The standard InChI is InChI=1S/C15H25N3O/c1-3-11-5-6-12(9-11)13-17-14(19-18-13)15(2)7-4-8-16-10-15/h11-12,16H,3-10H2,1-2H3. The Morgan fingerprint density at radius 1 is 1.42 bits per heavy atom. The highest BCUT2D eigenvalue weighted by Crippen LogP contribution is 2.39. The highest BCUT2D eigenvalue weighted by Gasteiger charge is 2.36. The van der Waals surface area contributed by atoms with Crippen LogP contribution in [0.4, 0.5) is 0 Å². The second-order valence-corrected chi connectivity index (χ2v) is 6.58. The van der Waals surface area contributed by atoms with Crippen LogP contribution in [0.15, 0.2) is 4.52 Å². The predicted molar refractivity (Wildman–Crippen MR) is 74.1 cm³/mol. The number of hydrogen-bond acceptors (Lipinski definition) is 4. The van der Waals surface area contributed by atoms with Crippen LogP contribution in [0.5, 0.6) is 0 Å². The molecule has 4 heteroatoms. The van der Waals surface area contributed by atoms with E-state index in [1.54, 1.807) is 0 Å². The van der Waals surface area contributed by atoms with Gasteiger partial charge >= 0.3 is 0 Å². The molecule has 2 aliphatic rings. The van der Waals surface area contributed by atoms with Crippen molar-refractivity contribution in [2.24, 2.45) is 5.92 Å². The maximum Gasteiger partial charge on any atom is 0.233 e. The summed E-state index contributed by atoms with van der Waals surface area (Å²) in [4.78, 5) is 4.74. The Morgan fingerprint density at radius 2 is 2.32 bits per heavy atom. The van der Waals surface area contributed by atoms with E-state index in [0.717, 1.165) is 37.1 Å². The first-order chi connectivity index (χ1) is 9.21. The van der Waals surface area contributed by atoms with E-state index in [0.29, 0.717) is 5.92 Å². The smallest absolute Gasteiger partial charge is 0.233 e. The molecule has 1 saturated carbocycles. The molecule has 3 rings (SSSR count). The zero-order chi connectivity index (χ0) is 13.3. The van der Waals surface area contributed by atoms with E-state index < -0.39 is 0 Å². The third kappa shape index (κ3) is 2.55. The predicted octanol–water partition coefficient (Wildman–Crippen LogP) is 3.00. The maximum atomic E-state index is 5.59. The summed E-state index contributed by atoms with van der Waals surface area (Å²) < 4.78 is 5.59. The first-order valence-corrected chi connectivity index (χ1v) is 7.76. The van der Waals surface area contributed by atoms with Crippen molar-refractivity contribution in [3.05, 3.63) is 11.7 Å². The van der Waals surface area contributed by atoms with E-state index in [2.05, 4.69) is 24.3 Å². The van der Waals surface area contributed by atoms with Gasteiger partial charge in [-0.2, -0.15) is 4.98 Å². The molecule has 0 radical (unpaired) electrons. The van der Waals surface area contributed by atoms with Crippen LogP contribution in [0.3, 0.4) is 0 Å². The SMILES string of the molecule is CCC1CCC(c2noc(C3(C)CCCNC3)n2)C1. The summed E-state index contributed by atoms with van der Waals surface area (Å²) >= 11 is 0. The van der Waals surface area contributed by atoms with Gasteiger partial charge in [0.25, 0.3) is 0 Å². The molecule has 1 aromatic rings. The Morgan fingerprint density at radius 3 is 3.00 bits per heavy atom. The Labute approximate surface area is 115 Å². The third-order valence-electron chi connectivity index (χ3n) is 5.04. The monoisotopic (exact) mass is 263 g/mol. The molecule has 2 fully saturated rings. The van der Waals surface area contributed by atoms with Crippen molar-refractivity contribution < 1.29 is 4.52 Å². The van der Waals surface area contributed by atoms with E-state index >= 15 is 0 Å². The minimum atomic E-state index is 0.0340. The number of nitrogens with one attached hydrogen (secondary N) is 1. The average molecular weight is 263 g/mol. The molecule has 1 aromatic heterocycles. The minimum absolute atomic E-state index is 0.0340. The Hall–Kier alpha value is -0.900. The topological polar surface area (TPSA) is 51.0 Å². The van der Waals surface area contributed by atoms with Gasteiger partial charge in [0.1, 0.15) is 0 Å². The highest BCUT2D eigenvalue weighted by atomic mass is 16.5. The summed E-state index contributed by atoms with van der Waals surface area (Å²) in [6, 6.07) is 0. The second-order valence-electron chi connectivity index (χ2n) is 6.58.